The number of ether oxygens (including phenoxy) is 1. The fraction of sp³-hybridized carbons (Fsp3) is 0.231. The van der Waals surface area contributed by atoms with Crippen molar-refractivity contribution in [2.45, 2.75) is 4.21 Å². The van der Waals surface area contributed by atoms with Crippen LogP contribution >= 0.6 is 22.9 Å². The van der Waals surface area contributed by atoms with Gasteiger partial charge in [0, 0.05) is 29.7 Å². The minimum absolute atomic E-state index is 0.227. The highest BCUT2D eigenvalue weighted by Crippen LogP contribution is 2.24. The summed E-state index contributed by atoms with van der Waals surface area (Å²) in [7, 11) is -2.01. The van der Waals surface area contributed by atoms with Crippen LogP contribution in [0.1, 0.15) is 0 Å². The van der Waals surface area contributed by atoms with Gasteiger partial charge >= 0.3 is 0 Å². The summed E-state index contributed by atoms with van der Waals surface area (Å²) < 4.78 is 31.4. The van der Waals surface area contributed by atoms with Crippen molar-refractivity contribution < 1.29 is 13.2 Å². The van der Waals surface area contributed by atoms with E-state index in [9.17, 15) is 8.42 Å². The zero-order valence-corrected chi connectivity index (χ0v) is 13.7. The summed E-state index contributed by atoms with van der Waals surface area (Å²) in [5.41, 5.74) is 6.00. The van der Waals surface area contributed by atoms with E-state index in [2.05, 4.69) is 0 Å². The highest BCUT2D eigenvalue weighted by molar-refractivity contribution is 7.91. The molecule has 0 aliphatic rings. The van der Waals surface area contributed by atoms with Crippen molar-refractivity contribution in [2.24, 2.45) is 0 Å². The Morgan fingerprint density at radius 2 is 2.14 bits per heavy atom. The van der Waals surface area contributed by atoms with E-state index < -0.39 is 10.0 Å². The molecule has 5 nitrogen and oxygen atoms in total. The molecule has 0 amide bonds. The second-order valence-electron chi connectivity index (χ2n) is 4.33. The van der Waals surface area contributed by atoms with Gasteiger partial charge in [0.05, 0.1) is 0 Å². The van der Waals surface area contributed by atoms with Crippen LogP contribution in [0.25, 0.3) is 0 Å². The molecule has 0 radical (unpaired) electrons. The molecule has 0 aliphatic carbocycles. The first-order chi connectivity index (χ1) is 9.89. The van der Waals surface area contributed by atoms with Crippen LogP contribution in [0.5, 0.6) is 5.75 Å². The van der Waals surface area contributed by atoms with Gasteiger partial charge in [0.15, 0.2) is 0 Å². The highest BCUT2D eigenvalue weighted by atomic mass is 35.5. The summed E-state index contributed by atoms with van der Waals surface area (Å²) in [4.78, 5) is 0. The topological polar surface area (TPSA) is 72.6 Å². The Labute approximate surface area is 133 Å². The zero-order chi connectivity index (χ0) is 15.5. The summed E-state index contributed by atoms with van der Waals surface area (Å²) in [5.74, 6) is 0.605. The quantitative estimate of drug-likeness (QED) is 0.872. The van der Waals surface area contributed by atoms with E-state index in [-0.39, 0.29) is 17.4 Å². The summed E-state index contributed by atoms with van der Waals surface area (Å²) in [5, 5.41) is 2.17. The lowest BCUT2D eigenvalue weighted by Gasteiger charge is -2.16. The van der Waals surface area contributed by atoms with Crippen LogP contribution in [-0.2, 0) is 10.0 Å². The van der Waals surface area contributed by atoms with E-state index >= 15 is 0 Å². The Morgan fingerprint density at radius 3 is 2.76 bits per heavy atom. The van der Waals surface area contributed by atoms with Gasteiger partial charge in [-0.15, -0.1) is 11.3 Å². The fourth-order valence-corrected chi connectivity index (χ4v) is 4.21. The molecule has 0 unspecified atom stereocenters. The Bertz CT molecular complexity index is 716. The number of likely N-dealkylation sites (N-methyl/N-ethyl adjacent to an activating group) is 1. The lowest BCUT2D eigenvalue weighted by Crippen LogP contribution is -2.30. The van der Waals surface area contributed by atoms with Gasteiger partial charge in [0.25, 0.3) is 10.0 Å². The average Bonchev–Trinajstić information content (AvgIpc) is 2.86. The third-order valence-corrected chi connectivity index (χ3v) is 6.26. The summed E-state index contributed by atoms with van der Waals surface area (Å²) >= 11 is 6.95. The van der Waals surface area contributed by atoms with Gasteiger partial charge in [-0.1, -0.05) is 17.7 Å². The second-order valence-corrected chi connectivity index (χ2v) is 7.95. The first kappa shape index (κ1) is 16.1. The average molecular weight is 347 g/mol. The number of thiophene rings is 1. The Morgan fingerprint density at radius 1 is 1.38 bits per heavy atom. The summed E-state index contributed by atoms with van der Waals surface area (Å²) in [6.07, 6.45) is 0. The normalized spacial score (nSPS) is 11.8. The van der Waals surface area contributed by atoms with Gasteiger partial charge in [-0.3, -0.25) is 0 Å². The Balaban J connectivity index is 1.94. The van der Waals surface area contributed by atoms with Crippen LogP contribution < -0.4 is 10.5 Å². The third kappa shape index (κ3) is 4.10. The molecule has 0 bridgehead atoms. The number of halogens is 1. The van der Waals surface area contributed by atoms with E-state index in [0.717, 1.165) is 11.3 Å². The largest absolute Gasteiger partial charge is 0.492 e. The highest BCUT2D eigenvalue weighted by Gasteiger charge is 2.22. The van der Waals surface area contributed by atoms with Crippen molar-refractivity contribution in [2.75, 3.05) is 25.9 Å². The molecule has 0 spiro atoms. The lowest BCUT2D eigenvalue weighted by atomic mass is 10.3. The Kier molecular flexibility index (Phi) is 5.10. The van der Waals surface area contributed by atoms with Crippen LogP contribution in [0.15, 0.2) is 39.9 Å². The number of nitrogen functional groups attached to an aromatic ring is 1. The number of nitrogens with zero attached hydrogens (tertiary/aromatic N) is 1. The van der Waals surface area contributed by atoms with Crippen LogP contribution in [-0.4, -0.2) is 32.9 Å². The predicted octanol–water partition coefficient (Wildman–Crippen LogP) is 2.68. The van der Waals surface area contributed by atoms with Crippen molar-refractivity contribution in [3.63, 3.8) is 0 Å². The zero-order valence-electron chi connectivity index (χ0n) is 11.3. The molecule has 8 heteroatoms. The molecule has 2 aromatic rings. The van der Waals surface area contributed by atoms with Crippen LogP contribution in [0, 0.1) is 0 Å². The second kappa shape index (κ2) is 6.65. The molecule has 0 saturated carbocycles. The standard InChI is InChI=1S/C13H15ClN2O3S2/c1-16(21(17,18)13-8-11(15)9-20-13)5-6-19-12-4-2-3-10(14)7-12/h2-4,7-9H,5-6,15H2,1H3. The summed E-state index contributed by atoms with van der Waals surface area (Å²) in [6, 6.07) is 8.41. The van der Waals surface area contributed by atoms with E-state index in [4.69, 9.17) is 22.1 Å². The smallest absolute Gasteiger partial charge is 0.252 e. The van der Waals surface area contributed by atoms with Crippen LogP contribution in [0.2, 0.25) is 5.02 Å². The maximum absolute atomic E-state index is 12.2. The molecular weight excluding hydrogens is 332 g/mol. The fourth-order valence-electron chi connectivity index (χ4n) is 1.59. The van der Waals surface area contributed by atoms with Gasteiger partial charge in [0.1, 0.15) is 16.6 Å². The number of sulfonamides is 1. The van der Waals surface area contributed by atoms with Crippen molar-refractivity contribution >= 4 is 38.6 Å². The number of hydrogen-bond acceptors (Lipinski definition) is 5. The number of rotatable bonds is 6. The molecular formula is C13H15ClN2O3S2. The molecule has 114 valence electrons. The SMILES string of the molecule is CN(CCOc1cccc(Cl)c1)S(=O)(=O)c1cc(N)cs1. The van der Waals surface area contributed by atoms with Crippen molar-refractivity contribution in [3.8, 4) is 5.75 Å². The first-order valence-corrected chi connectivity index (χ1v) is 8.78. The molecule has 21 heavy (non-hydrogen) atoms. The van der Waals surface area contributed by atoms with E-state index in [1.54, 1.807) is 29.6 Å². The van der Waals surface area contributed by atoms with Gasteiger partial charge < -0.3 is 10.5 Å². The number of nitrogens with two attached hydrogens (primary N) is 1. The van der Waals surface area contributed by atoms with Crippen molar-refractivity contribution in [3.05, 3.63) is 40.7 Å². The number of anilines is 1. The van der Waals surface area contributed by atoms with Crippen LogP contribution in [0.3, 0.4) is 0 Å². The predicted molar refractivity (Wildman–Crippen MR) is 85.5 cm³/mol. The van der Waals surface area contributed by atoms with Gasteiger partial charge in [-0.25, -0.2) is 8.42 Å². The molecule has 1 aromatic carbocycles. The molecule has 1 heterocycles. The maximum Gasteiger partial charge on any atom is 0.252 e. The lowest BCUT2D eigenvalue weighted by molar-refractivity contribution is 0.287. The van der Waals surface area contributed by atoms with E-state index in [1.807, 2.05) is 0 Å². The van der Waals surface area contributed by atoms with Crippen molar-refractivity contribution in [1.29, 1.82) is 0 Å². The molecule has 2 N–H and O–H groups in total. The van der Waals surface area contributed by atoms with Gasteiger partial charge in [-0.2, -0.15) is 4.31 Å². The third-order valence-electron chi connectivity index (χ3n) is 2.73. The molecule has 0 saturated heterocycles. The Hall–Kier alpha value is -1.28. The molecule has 0 aliphatic heterocycles. The van der Waals surface area contributed by atoms with E-state index in [0.29, 0.717) is 16.5 Å². The molecule has 0 atom stereocenters. The van der Waals surface area contributed by atoms with Gasteiger partial charge in [0.2, 0.25) is 0 Å². The van der Waals surface area contributed by atoms with Gasteiger partial charge in [-0.05, 0) is 24.3 Å². The van der Waals surface area contributed by atoms with E-state index in [1.165, 1.54) is 17.4 Å². The summed E-state index contributed by atoms with van der Waals surface area (Å²) in [6.45, 7) is 0.462. The first-order valence-electron chi connectivity index (χ1n) is 6.08. The molecule has 1 aromatic heterocycles. The maximum atomic E-state index is 12.2. The molecule has 2 rings (SSSR count). The number of benzene rings is 1. The number of hydrogen-bond donors (Lipinski definition) is 1. The van der Waals surface area contributed by atoms with Crippen LogP contribution in [0.4, 0.5) is 5.69 Å². The minimum Gasteiger partial charge on any atom is -0.492 e. The van der Waals surface area contributed by atoms with Crippen molar-refractivity contribution in [1.82, 2.24) is 4.31 Å². The minimum atomic E-state index is -3.51. The monoisotopic (exact) mass is 346 g/mol. The molecule has 0 fully saturated rings.